The summed E-state index contributed by atoms with van der Waals surface area (Å²) in [6.45, 7) is 8.12. The maximum atomic E-state index is 4.45. The molecule has 2 heteroatoms. The van der Waals surface area contributed by atoms with E-state index < -0.39 is 0 Å². The van der Waals surface area contributed by atoms with Gasteiger partial charge in [0, 0.05) is 18.8 Å². The van der Waals surface area contributed by atoms with Crippen LogP contribution in [0.3, 0.4) is 0 Å². The lowest BCUT2D eigenvalue weighted by molar-refractivity contribution is 0.402. The van der Waals surface area contributed by atoms with E-state index in [2.05, 4.69) is 42.8 Å². The van der Waals surface area contributed by atoms with Gasteiger partial charge >= 0.3 is 0 Å². The summed E-state index contributed by atoms with van der Waals surface area (Å²) in [5.41, 5.74) is 0. The molecule has 2 nitrogen and oxygen atoms in total. The van der Waals surface area contributed by atoms with E-state index in [-0.39, 0.29) is 0 Å². The molecule has 2 heterocycles. The van der Waals surface area contributed by atoms with Crippen LogP contribution in [0, 0.1) is 11.8 Å². The van der Waals surface area contributed by atoms with Crippen LogP contribution >= 0.6 is 0 Å². The third kappa shape index (κ3) is 1.99. The molecule has 1 aromatic heterocycles. The Bertz CT molecular complexity index is 308. The fraction of sp³-hybridized carbons (Fsp3) is 0.615. The first-order chi connectivity index (χ1) is 7.20. The van der Waals surface area contributed by atoms with E-state index in [9.17, 15) is 0 Å². The van der Waals surface area contributed by atoms with Gasteiger partial charge < -0.3 is 4.90 Å². The molecule has 2 atom stereocenters. The lowest BCUT2D eigenvalue weighted by atomic mass is 9.93. The molecule has 1 saturated heterocycles. The van der Waals surface area contributed by atoms with Crippen molar-refractivity contribution in [2.75, 3.05) is 11.4 Å². The molecule has 0 aromatic carbocycles. The highest BCUT2D eigenvalue weighted by Crippen LogP contribution is 2.32. The first-order valence-electron chi connectivity index (χ1n) is 5.88. The molecule has 0 N–H and O–H groups in total. The summed E-state index contributed by atoms with van der Waals surface area (Å²) in [5, 5.41) is 0. The molecule has 1 aromatic rings. The van der Waals surface area contributed by atoms with E-state index >= 15 is 0 Å². The number of rotatable bonds is 2. The minimum Gasteiger partial charge on any atom is -0.353 e. The molecular weight excluding hydrogens is 184 g/mol. The Morgan fingerprint density at radius 3 is 2.80 bits per heavy atom. The molecule has 0 amide bonds. The van der Waals surface area contributed by atoms with Gasteiger partial charge in [0.15, 0.2) is 0 Å². The van der Waals surface area contributed by atoms with Gasteiger partial charge in [0.1, 0.15) is 5.82 Å². The second-order valence-electron chi connectivity index (χ2n) is 4.88. The zero-order valence-corrected chi connectivity index (χ0v) is 9.85. The van der Waals surface area contributed by atoms with Crippen molar-refractivity contribution in [2.24, 2.45) is 11.8 Å². The molecule has 1 fully saturated rings. The van der Waals surface area contributed by atoms with E-state index in [1.807, 2.05) is 12.3 Å². The van der Waals surface area contributed by atoms with Gasteiger partial charge in [0.25, 0.3) is 0 Å². The molecule has 2 unspecified atom stereocenters. The van der Waals surface area contributed by atoms with Gasteiger partial charge in [-0.25, -0.2) is 4.98 Å². The standard InChI is InChI=1S/C13H20N2/c1-10(2)13-11(3)7-9-15(13)12-6-4-5-8-14-12/h4-6,8,10-11,13H,7,9H2,1-3H3. The molecule has 0 bridgehead atoms. The summed E-state index contributed by atoms with van der Waals surface area (Å²) >= 11 is 0. The first kappa shape index (κ1) is 10.5. The molecule has 0 aliphatic carbocycles. The molecular formula is C13H20N2. The fourth-order valence-corrected chi connectivity index (χ4v) is 2.78. The number of anilines is 1. The van der Waals surface area contributed by atoms with Gasteiger partial charge in [0.2, 0.25) is 0 Å². The zero-order chi connectivity index (χ0) is 10.8. The van der Waals surface area contributed by atoms with Gasteiger partial charge in [-0.1, -0.05) is 26.8 Å². The van der Waals surface area contributed by atoms with Crippen molar-refractivity contribution in [1.82, 2.24) is 4.98 Å². The van der Waals surface area contributed by atoms with Crippen molar-refractivity contribution in [2.45, 2.75) is 33.2 Å². The van der Waals surface area contributed by atoms with Gasteiger partial charge in [0.05, 0.1) is 0 Å². The number of hydrogen-bond acceptors (Lipinski definition) is 2. The summed E-state index contributed by atoms with van der Waals surface area (Å²) in [5.74, 6) is 2.62. The van der Waals surface area contributed by atoms with Gasteiger partial charge in [-0.2, -0.15) is 0 Å². The number of aromatic nitrogens is 1. The van der Waals surface area contributed by atoms with Crippen molar-refractivity contribution in [3.8, 4) is 0 Å². The average Bonchev–Trinajstić information content (AvgIpc) is 2.61. The van der Waals surface area contributed by atoms with Crippen LogP contribution in [0.2, 0.25) is 0 Å². The highest BCUT2D eigenvalue weighted by Gasteiger charge is 2.33. The molecule has 0 spiro atoms. The maximum Gasteiger partial charge on any atom is 0.128 e. The molecule has 1 aliphatic heterocycles. The fourth-order valence-electron chi connectivity index (χ4n) is 2.78. The first-order valence-corrected chi connectivity index (χ1v) is 5.88. The van der Waals surface area contributed by atoms with Crippen molar-refractivity contribution in [1.29, 1.82) is 0 Å². The highest BCUT2D eigenvalue weighted by molar-refractivity contribution is 5.41. The van der Waals surface area contributed by atoms with Crippen LogP contribution < -0.4 is 4.90 Å². The SMILES string of the molecule is CC(C)C1C(C)CCN1c1ccccn1. The second-order valence-corrected chi connectivity index (χ2v) is 4.88. The predicted molar refractivity (Wildman–Crippen MR) is 64.0 cm³/mol. The van der Waals surface area contributed by atoms with Gasteiger partial charge in [-0.3, -0.25) is 0 Å². The van der Waals surface area contributed by atoms with E-state index in [0.29, 0.717) is 12.0 Å². The Morgan fingerprint density at radius 2 is 2.20 bits per heavy atom. The molecule has 1 aliphatic rings. The maximum absolute atomic E-state index is 4.45. The summed E-state index contributed by atoms with van der Waals surface area (Å²) in [6.07, 6.45) is 3.18. The molecule has 82 valence electrons. The normalized spacial score (nSPS) is 26.3. The minimum atomic E-state index is 0.653. The van der Waals surface area contributed by atoms with E-state index in [4.69, 9.17) is 0 Å². The lowest BCUT2D eigenvalue weighted by Crippen LogP contribution is -2.36. The topological polar surface area (TPSA) is 16.1 Å². The van der Waals surface area contributed by atoms with Crippen LogP contribution in [-0.2, 0) is 0 Å². The van der Waals surface area contributed by atoms with Crippen LogP contribution in [0.4, 0.5) is 5.82 Å². The smallest absolute Gasteiger partial charge is 0.128 e. The number of nitrogens with zero attached hydrogens (tertiary/aromatic N) is 2. The van der Waals surface area contributed by atoms with E-state index in [1.165, 1.54) is 6.42 Å². The summed E-state index contributed by atoms with van der Waals surface area (Å²) in [7, 11) is 0. The molecule has 0 saturated carbocycles. The summed E-state index contributed by atoms with van der Waals surface area (Å²) in [6, 6.07) is 6.82. The van der Waals surface area contributed by atoms with Gasteiger partial charge in [-0.05, 0) is 30.4 Å². The largest absolute Gasteiger partial charge is 0.353 e. The third-order valence-electron chi connectivity index (χ3n) is 3.39. The summed E-state index contributed by atoms with van der Waals surface area (Å²) in [4.78, 5) is 6.92. The predicted octanol–water partition coefficient (Wildman–Crippen LogP) is 2.95. The number of hydrogen-bond donors (Lipinski definition) is 0. The van der Waals surface area contributed by atoms with Crippen molar-refractivity contribution in [3.63, 3.8) is 0 Å². The van der Waals surface area contributed by atoms with Gasteiger partial charge in [-0.15, -0.1) is 0 Å². The third-order valence-corrected chi connectivity index (χ3v) is 3.39. The Labute approximate surface area is 92.3 Å². The minimum absolute atomic E-state index is 0.653. The monoisotopic (exact) mass is 204 g/mol. The highest BCUT2D eigenvalue weighted by atomic mass is 15.2. The van der Waals surface area contributed by atoms with Crippen molar-refractivity contribution < 1.29 is 0 Å². The van der Waals surface area contributed by atoms with Crippen molar-refractivity contribution >= 4 is 5.82 Å². The molecule has 15 heavy (non-hydrogen) atoms. The molecule has 0 radical (unpaired) electrons. The van der Waals surface area contributed by atoms with Crippen LogP contribution in [0.25, 0.3) is 0 Å². The second kappa shape index (κ2) is 4.21. The summed E-state index contributed by atoms with van der Waals surface area (Å²) < 4.78 is 0. The number of pyridine rings is 1. The van der Waals surface area contributed by atoms with E-state index in [0.717, 1.165) is 18.3 Å². The zero-order valence-electron chi connectivity index (χ0n) is 9.85. The van der Waals surface area contributed by atoms with E-state index in [1.54, 1.807) is 0 Å². The lowest BCUT2D eigenvalue weighted by Gasteiger charge is -2.31. The molecule has 2 rings (SSSR count). The van der Waals surface area contributed by atoms with Crippen LogP contribution in [0.1, 0.15) is 27.2 Å². The van der Waals surface area contributed by atoms with Crippen molar-refractivity contribution in [3.05, 3.63) is 24.4 Å². The quantitative estimate of drug-likeness (QED) is 0.736. The Morgan fingerprint density at radius 1 is 1.40 bits per heavy atom. The average molecular weight is 204 g/mol. The van der Waals surface area contributed by atoms with Crippen LogP contribution in [-0.4, -0.2) is 17.6 Å². The Balaban J connectivity index is 2.22. The van der Waals surface area contributed by atoms with Crippen LogP contribution in [0.5, 0.6) is 0 Å². The Hall–Kier alpha value is -1.05. The Kier molecular flexibility index (Phi) is 2.94. The van der Waals surface area contributed by atoms with Crippen LogP contribution in [0.15, 0.2) is 24.4 Å².